The summed E-state index contributed by atoms with van der Waals surface area (Å²) < 4.78 is 5.31. The van der Waals surface area contributed by atoms with E-state index in [1.54, 1.807) is 12.4 Å². The molecule has 2 heteroatoms. The van der Waals surface area contributed by atoms with Crippen LogP contribution < -0.4 is 0 Å². The van der Waals surface area contributed by atoms with Crippen molar-refractivity contribution in [2.45, 2.75) is 12.2 Å². The number of nitrogens with zero attached hydrogens (tertiary/aromatic N) is 1. The highest BCUT2D eigenvalue weighted by Crippen LogP contribution is 2.38. The molecule has 0 aromatic carbocycles. The van der Waals surface area contributed by atoms with Gasteiger partial charge in [-0.25, -0.2) is 0 Å². The Balaban J connectivity index is 2.14. The van der Waals surface area contributed by atoms with E-state index < -0.39 is 0 Å². The SMILES string of the molecule is C=C[C@H]1O[C@@H]1c1ccncc1. The summed E-state index contributed by atoms with van der Waals surface area (Å²) in [6.07, 6.45) is 5.83. The van der Waals surface area contributed by atoms with Crippen molar-refractivity contribution >= 4 is 0 Å². The summed E-state index contributed by atoms with van der Waals surface area (Å²) >= 11 is 0. The van der Waals surface area contributed by atoms with E-state index in [-0.39, 0.29) is 12.2 Å². The molecular formula is C9H9NO. The average molecular weight is 147 g/mol. The van der Waals surface area contributed by atoms with Crippen molar-refractivity contribution in [1.82, 2.24) is 4.98 Å². The van der Waals surface area contributed by atoms with Crippen LogP contribution >= 0.6 is 0 Å². The van der Waals surface area contributed by atoms with Crippen molar-refractivity contribution in [3.63, 3.8) is 0 Å². The molecule has 0 bridgehead atoms. The summed E-state index contributed by atoms with van der Waals surface area (Å²) in [6.45, 7) is 3.66. The van der Waals surface area contributed by atoms with Crippen LogP contribution in [0.5, 0.6) is 0 Å². The van der Waals surface area contributed by atoms with Crippen molar-refractivity contribution < 1.29 is 4.74 Å². The van der Waals surface area contributed by atoms with Crippen LogP contribution in [-0.4, -0.2) is 11.1 Å². The van der Waals surface area contributed by atoms with E-state index in [9.17, 15) is 0 Å². The lowest BCUT2D eigenvalue weighted by Gasteiger charge is -1.90. The Labute approximate surface area is 65.5 Å². The van der Waals surface area contributed by atoms with Crippen LogP contribution in [0.4, 0.5) is 0 Å². The van der Waals surface area contributed by atoms with E-state index in [1.165, 1.54) is 5.56 Å². The lowest BCUT2D eigenvalue weighted by Crippen LogP contribution is -1.83. The summed E-state index contributed by atoms with van der Waals surface area (Å²) in [5, 5.41) is 0. The van der Waals surface area contributed by atoms with Crippen LogP contribution in [0.15, 0.2) is 37.2 Å². The van der Waals surface area contributed by atoms with Gasteiger partial charge in [0.05, 0.1) is 0 Å². The van der Waals surface area contributed by atoms with E-state index in [2.05, 4.69) is 11.6 Å². The highest BCUT2D eigenvalue weighted by Gasteiger charge is 2.37. The second-order valence-electron chi connectivity index (χ2n) is 2.54. The Kier molecular flexibility index (Phi) is 1.47. The third-order valence-corrected chi connectivity index (χ3v) is 1.79. The molecule has 2 rings (SSSR count). The van der Waals surface area contributed by atoms with E-state index in [1.807, 2.05) is 18.2 Å². The molecule has 2 nitrogen and oxygen atoms in total. The molecule has 1 aliphatic rings. The Morgan fingerprint density at radius 3 is 2.73 bits per heavy atom. The number of pyridine rings is 1. The van der Waals surface area contributed by atoms with Crippen molar-refractivity contribution in [2.75, 3.05) is 0 Å². The lowest BCUT2D eigenvalue weighted by molar-refractivity contribution is 0.394. The van der Waals surface area contributed by atoms with Gasteiger partial charge in [0.25, 0.3) is 0 Å². The summed E-state index contributed by atoms with van der Waals surface area (Å²) in [6, 6.07) is 3.93. The van der Waals surface area contributed by atoms with Crippen LogP contribution in [0.3, 0.4) is 0 Å². The molecule has 0 aliphatic carbocycles. The molecule has 0 amide bonds. The summed E-state index contributed by atoms with van der Waals surface area (Å²) in [5.41, 5.74) is 1.19. The number of aromatic nitrogens is 1. The molecule has 0 saturated carbocycles. The fourth-order valence-corrected chi connectivity index (χ4v) is 1.12. The van der Waals surface area contributed by atoms with Crippen LogP contribution in [-0.2, 0) is 4.74 Å². The molecule has 0 unspecified atom stereocenters. The van der Waals surface area contributed by atoms with Gasteiger partial charge < -0.3 is 4.74 Å². The van der Waals surface area contributed by atoms with E-state index in [0.717, 1.165) is 0 Å². The molecule has 1 aromatic rings. The van der Waals surface area contributed by atoms with Crippen LogP contribution in [0.2, 0.25) is 0 Å². The minimum atomic E-state index is 0.220. The summed E-state index contributed by atoms with van der Waals surface area (Å²) in [4.78, 5) is 3.93. The van der Waals surface area contributed by atoms with Crippen molar-refractivity contribution in [1.29, 1.82) is 0 Å². The van der Waals surface area contributed by atoms with Gasteiger partial charge >= 0.3 is 0 Å². The average Bonchev–Trinajstić information content (AvgIpc) is 2.85. The van der Waals surface area contributed by atoms with Crippen molar-refractivity contribution in [3.8, 4) is 0 Å². The maximum absolute atomic E-state index is 5.31. The third kappa shape index (κ3) is 1.17. The van der Waals surface area contributed by atoms with Gasteiger partial charge in [-0.2, -0.15) is 0 Å². The number of ether oxygens (including phenoxy) is 1. The minimum absolute atomic E-state index is 0.220. The molecule has 1 aromatic heterocycles. The highest BCUT2D eigenvalue weighted by molar-refractivity contribution is 5.21. The predicted molar refractivity (Wildman–Crippen MR) is 42.0 cm³/mol. The molecule has 1 saturated heterocycles. The minimum Gasteiger partial charge on any atom is -0.360 e. The first kappa shape index (κ1) is 6.55. The Hall–Kier alpha value is -1.15. The first-order valence-electron chi connectivity index (χ1n) is 3.60. The highest BCUT2D eigenvalue weighted by atomic mass is 16.6. The molecule has 11 heavy (non-hydrogen) atoms. The fourth-order valence-electron chi connectivity index (χ4n) is 1.12. The topological polar surface area (TPSA) is 25.4 Å². The van der Waals surface area contributed by atoms with Gasteiger partial charge in [-0.1, -0.05) is 6.08 Å². The lowest BCUT2D eigenvalue weighted by atomic mass is 10.1. The number of epoxide rings is 1. The molecule has 2 heterocycles. The van der Waals surface area contributed by atoms with E-state index in [4.69, 9.17) is 4.74 Å². The zero-order valence-corrected chi connectivity index (χ0v) is 6.10. The molecule has 56 valence electrons. The monoisotopic (exact) mass is 147 g/mol. The van der Waals surface area contributed by atoms with Gasteiger partial charge in [-0.3, -0.25) is 4.98 Å². The predicted octanol–water partition coefficient (Wildman–Crippen LogP) is 1.71. The maximum atomic E-state index is 5.31. The van der Waals surface area contributed by atoms with Gasteiger partial charge in [0.1, 0.15) is 12.2 Å². The van der Waals surface area contributed by atoms with E-state index >= 15 is 0 Å². The standard InChI is InChI=1S/C9H9NO/c1-2-8-9(11-8)7-3-5-10-6-4-7/h2-6,8-9H,1H2/t8-,9-/m1/s1. The largest absolute Gasteiger partial charge is 0.360 e. The summed E-state index contributed by atoms with van der Waals surface area (Å²) in [7, 11) is 0. The molecule has 0 radical (unpaired) electrons. The van der Waals surface area contributed by atoms with Gasteiger partial charge in [0.15, 0.2) is 0 Å². The fraction of sp³-hybridized carbons (Fsp3) is 0.222. The maximum Gasteiger partial charge on any atom is 0.113 e. The Morgan fingerprint density at radius 2 is 2.18 bits per heavy atom. The van der Waals surface area contributed by atoms with Crippen LogP contribution in [0.1, 0.15) is 11.7 Å². The Morgan fingerprint density at radius 1 is 1.45 bits per heavy atom. The zero-order valence-electron chi connectivity index (χ0n) is 6.10. The molecule has 1 aliphatic heterocycles. The number of rotatable bonds is 2. The first-order valence-corrected chi connectivity index (χ1v) is 3.60. The second kappa shape index (κ2) is 2.47. The molecule has 0 N–H and O–H groups in total. The Bertz CT molecular complexity index is 258. The van der Waals surface area contributed by atoms with Gasteiger partial charge in [0, 0.05) is 12.4 Å². The van der Waals surface area contributed by atoms with Gasteiger partial charge in [0.2, 0.25) is 0 Å². The number of hydrogen-bond acceptors (Lipinski definition) is 2. The second-order valence-corrected chi connectivity index (χ2v) is 2.54. The van der Waals surface area contributed by atoms with Crippen molar-refractivity contribution in [3.05, 3.63) is 42.7 Å². The third-order valence-electron chi connectivity index (χ3n) is 1.79. The molecule has 2 atom stereocenters. The van der Waals surface area contributed by atoms with Crippen molar-refractivity contribution in [2.24, 2.45) is 0 Å². The van der Waals surface area contributed by atoms with Crippen LogP contribution in [0.25, 0.3) is 0 Å². The zero-order chi connectivity index (χ0) is 7.68. The smallest absolute Gasteiger partial charge is 0.113 e. The first-order chi connectivity index (χ1) is 5.42. The van der Waals surface area contributed by atoms with Crippen LogP contribution in [0, 0.1) is 0 Å². The normalized spacial score (nSPS) is 28.0. The molecule has 0 spiro atoms. The van der Waals surface area contributed by atoms with Gasteiger partial charge in [-0.05, 0) is 17.7 Å². The number of hydrogen-bond donors (Lipinski definition) is 0. The molecule has 1 fully saturated rings. The quantitative estimate of drug-likeness (QED) is 0.470. The van der Waals surface area contributed by atoms with E-state index in [0.29, 0.717) is 0 Å². The molecular weight excluding hydrogens is 138 g/mol. The summed E-state index contributed by atoms with van der Waals surface area (Å²) in [5.74, 6) is 0. The van der Waals surface area contributed by atoms with Gasteiger partial charge in [-0.15, -0.1) is 6.58 Å².